The van der Waals surface area contributed by atoms with Crippen LogP contribution in [-0.4, -0.2) is 10.1 Å². The number of hydrogen-bond donors (Lipinski definition) is 1. The average Bonchev–Trinajstić information content (AvgIpc) is 2.94. The fourth-order valence-electron chi connectivity index (χ4n) is 4.72. The van der Waals surface area contributed by atoms with Gasteiger partial charge in [-0.05, 0) is 84.5 Å². The Bertz CT molecular complexity index is 1490. The molecule has 0 spiro atoms. The maximum absolute atomic E-state index is 11.9. The Hall–Kier alpha value is -3.37. The number of pyridine rings is 1. The van der Waals surface area contributed by atoms with E-state index in [1.165, 1.54) is 5.56 Å². The Balaban J connectivity index is 1.29. The van der Waals surface area contributed by atoms with Crippen LogP contribution in [0.15, 0.2) is 109 Å². The van der Waals surface area contributed by atoms with Gasteiger partial charge < -0.3 is 9.84 Å². The number of hydrogen-bond acceptors (Lipinski definition) is 3. The molecule has 38 heavy (non-hydrogen) atoms. The molecule has 0 radical (unpaired) electrons. The molecule has 192 valence electrons. The van der Waals surface area contributed by atoms with Gasteiger partial charge in [0.15, 0.2) is 0 Å². The van der Waals surface area contributed by atoms with Crippen LogP contribution in [0.25, 0.3) is 10.9 Å². The zero-order valence-corrected chi connectivity index (χ0v) is 22.5. The van der Waals surface area contributed by atoms with Crippen LogP contribution in [0.1, 0.15) is 35.2 Å². The van der Waals surface area contributed by atoms with Crippen LogP contribution in [0.2, 0.25) is 10.0 Å². The van der Waals surface area contributed by atoms with Crippen molar-refractivity contribution < 1.29 is 9.84 Å². The van der Waals surface area contributed by atoms with E-state index in [-0.39, 0.29) is 0 Å². The molecule has 1 heterocycles. The summed E-state index contributed by atoms with van der Waals surface area (Å²) in [6.07, 6.45) is 2.79. The summed E-state index contributed by atoms with van der Waals surface area (Å²) in [5.41, 5.74) is 3.89. The van der Waals surface area contributed by atoms with E-state index in [0.29, 0.717) is 24.5 Å². The Labute approximate surface area is 233 Å². The normalized spacial score (nSPS) is 12.8. The molecule has 5 rings (SSSR count). The van der Waals surface area contributed by atoms with Gasteiger partial charge in [0.1, 0.15) is 12.4 Å². The Morgan fingerprint density at radius 2 is 1.37 bits per heavy atom. The number of para-hydroxylation sites is 1. The van der Waals surface area contributed by atoms with E-state index in [2.05, 4.69) is 11.1 Å². The van der Waals surface area contributed by atoms with Crippen molar-refractivity contribution in [2.24, 2.45) is 0 Å². The van der Waals surface area contributed by atoms with Gasteiger partial charge in [-0.1, -0.05) is 83.9 Å². The molecule has 1 unspecified atom stereocenters. The van der Waals surface area contributed by atoms with Gasteiger partial charge in [-0.15, -0.1) is 0 Å². The molecular formula is C33H29Cl2NO2. The second-order valence-corrected chi connectivity index (χ2v) is 10.5. The molecule has 0 amide bonds. The molecule has 0 aliphatic carbocycles. The predicted octanol–water partition coefficient (Wildman–Crippen LogP) is 8.57. The van der Waals surface area contributed by atoms with Crippen LogP contribution in [0.4, 0.5) is 0 Å². The lowest BCUT2D eigenvalue weighted by atomic mass is 9.82. The number of nitrogens with zero attached hydrogens (tertiary/aromatic N) is 1. The maximum Gasteiger partial charge on any atom is 0.130 e. The van der Waals surface area contributed by atoms with Crippen molar-refractivity contribution >= 4 is 34.1 Å². The number of aliphatic hydroxyl groups is 1. The number of fused-ring (bicyclic) bond motifs is 1. The van der Waals surface area contributed by atoms with Crippen molar-refractivity contribution in [2.75, 3.05) is 0 Å². The lowest BCUT2D eigenvalue weighted by Crippen LogP contribution is -2.29. The largest absolute Gasteiger partial charge is 0.487 e. The first-order valence-corrected chi connectivity index (χ1v) is 13.5. The number of ether oxygens (including phenoxy) is 1. The molecule has 0 fully saturated rings. The van der Waals surface area contributed by atoms with Gasteiger partial charge in [0, 0.05) is 21.9 Å². The van der Waals surface area contributed by atoms with Gasteiger partial charge in [0.05, 0.1) is 16.8 Å². The van der Waals surface area contributed by atoms with Crippen molar-refractivity contribution in [3.05, 3.63) is 142 Å². The summed E-state index contributed by atoms with van der Waals surface area (Å²) in [5, 5.41) is 14.4. The standard InChI is InChI=1S/C33H29Cl2NO2/c34-28-14-7-24(8-15-28)4-3-21-33(37,22-25-9-16-29(35)17-10-25)27-12-19-31(20-13-27)38-23-30-18-11-26-5-1-2-6-32(26)36-30/h1-2,5-20,37H,3-4,21-23H2. The number of aromatic nitrogens is 1. The molecule has 5 heteroatoms. The first kappa shape index (κ1) is 26.2. The van der Waals surface area contributed by atoms with E-state index >= 15 is 0 Å². The topological polar surface area (TPSA) is 42.4 Å². The third-order valence-electron chi connectivity index (χ3n) is 6.81. The summed E-state index contributed by atoms with van der Waals surface area (Å²) in [6.45, 7) is 0.375. The Kier molecular flexibility index (Phi) is 8.29. The summed E-state index contributed by atoms with van der Waals surface area (Å²) in [7, 11) is 0. The first-order chi connectivity index (χ1) is 18.5. The quantitative estimate of drug-likeness (QED) is 0.192. The smallest absolute Gasteiger partial charge is 0.130 e. The predicted molar refractivity (Wildman–Crippen MR) is 156 cm³/mol. The van der Waals surface area contributed by atoms with Gasteiger partial charge in [-0.3, -0.25) is 0 Å². The van der Waals surface area contributed by atoms with Crippen molar-refractivity contribution in [2.45, 2.75) is 37.9 Å². The van der Waals surface area contributed by atoms with E-state index in [4.69, 9.17) is 27.9 Å². The lowest BCUT2D eigenvalue weighted by molar-refractivity contribution is 0.0256. The van der Waals surface area contributed by atoms with E-state index < -0.39 is 5.60 Å². The third kappa shape index (κ3) is 6.73. The molecule has 1 N–H and O–H groups in total. The summed E-state index contributed by atoms with van der Waals surface area (Å²) in [4.78, 5) is 4.68. The molecule has 3 nitrogen and oxygen atoms in total. The number of aryl methyl sites for hydroxylation is 1. The molecule has 0 saturated carbocycles. The molecule has 0 aliphatic rings. The highest BCUT2D eigenvalue weighted by Crippen LogP contribution is 2.33. The van der Waals surface area contributed by atoms with Crippen LogP contribution < -0.4 is 4.74 Å². The summed E-state index contributed by atoms with van der Waals surface area (Å²) in [6, 6.07) is 35.4. The fourth-order valence-corrected chi connectivity index (χ4v) is 4.97. The van der Waals surface area contributed by atoms with Crippen molar-refractivity contribution in [1.82, 2.24) is 4.98 Å². The minimum atomic E-state index is -1.03. The molecule has 0 bridgehead atoms. The molecular weight excluding hydrogens is 513 g/mol. The van der Waals surface area contributed by atoms with E-state index in [1.807, 2.05) is 103 Å². The van der Waals surface area contributed by atoms with Gasteiger partial charge in [-0.2, -0.15) is 0 Å². The lowest BCUT2D eigenvalue weighted by Gasteiger charge is -2.29. The zero-order valence-electron chi connectivity index (χ0n) is 21.0. The zero-order chi connectivity index (χ0) is 26.4. The van der Waals surface area contributed by atoms with Gasteiger partial charge in [0.25, 0.3) is 0 Å². The van der Waals surface area contributed by atoms with Crippen molar-refractivity contribution in [1.29, 1.82) is 0 Å². The Morgan fingerprint density at radius 1 is 0.711 bits per heavy atom. The molecule has 0 saturated heterocycles. The number of rotatable bonds is 10. The van der Waals surface area contributed by atoms with Crippen molar-refractivity contribution in [3.63, 3.8) is 0 Å². The van der Waals surface area contributed by atoms with E-state index in [9.17, 15) is 5.11 Å². The van der Waals surface area contributed by atoms with E-state index in [1.54, 1.807) is 0 Å². The molecule has 1 aromatic heterocycles. The first-order valence-electron chi connectivity index (χ1n) is 12.8. The van der Waals surface area contributed by atoms with Gasteiger partial charge in [0.2, 0.25) is 0 Å². The number of halogens is 2. The maximum atomic E-state index is 11.9. The van der Waals surface area contributed by atoms with Crippen molar-refractivity contribution in [3.8, 4) is 5.75 Å². The highest BCUT2D eigenvalue weighted by Gasteiger charge is 2.29. The molecule has 0 aliphatic heterocycles. The van der Waals surface area contributed by atoms with Crippen LogP contribution in [0.3, 0.4) is 0 Å². The van der Waals surface area contributed by atoms with Crippen LogP contribution in [0.5, 0.6) is 5.75 Å². The van der Waals surface area contributed by atoms with E-state index in [0.717, 1.165) is 51.3 Å². The SMILES string of the molecule is OC(CCCc1ccc(Cl)cc1)(Cc1ccc(Cl)cc1)c1ccc(OCc2ccc3ccccc3n2)cc1. The summed E-state index contributed by atoms with van der Waals surface area (Å²) in [5.74, 6) is 0.735. The highest BCUT2D eigenvalue weighted by atomic mass is 35.5. The highest BCUT2D eigenvalue weighted by molar-refractivity contribution is 6.30. The third-order valence-corrected chi connectivity index (χ3v) is 7.32. The molecule has 4 aromatic carbocycles. The minimum absolute atomic E-state index is 0.375. The van der Waals surface area contributed by atoms with Gasteiger partial charge >= 0.3 is 0 Å². The summed E-state index contributed by atoms with van der Waals surface area (Å²) < 4.78 is 6.02. The van der Waals surface area contributed by atoms with Gasteiger partial charge in [-0.25, -0.2) is 4.98 Å². The Morgan fingerprint density at radius 3 is 2.08 bits per heavy atom. The fraction of sp³-hybridized carbons (Fsp3) is 0.182. The monoisotopic (exact) mass is 541 g/mol. The second kappa shape index (κ2) is 12.0. The minimum Gasteiger partial charge on any atom is -0.487 e. The average molecular weight is 543 g/mol. The van der Waals surface area contributed by atoms with Crippen LogP contribution in [0, 0.1) is 0 Å². The number of benzene rings is 4. The molecule has 1 atom stereocenters. The second-order valence-electron chi connectivity index (χ2n) is 9.62. The van der Waals surface area contributed by atoms with Crippen LogP contribution in [-0.2, 0) is 25.0 Å². The van der Waals surface area contributed by atoms with Crippen LogP contribution >= 0.6 is 23.2 Å². The molecule has 5 aromatic rings. The summed E-state index contributed by atoms with van der Waals surface area (Å²) >= 11 is 12.1.